The summed E-state index contributed by atoms with van der Waals surface area (Å²) in [6.07, 6.45) is 0. The summed E-state index contributed by atoms with van der Waals surface area (Å²) in [7, 11) is 8.16. The van der Waals surface area contributed by atoms with Gasteiger partial charge in [0.1, 0.15) is 11.5 Å². The van der Waals surface area contributed by atoms with Gasteiger partial charge in [-0.25, -0.2) is 0 Å². The molecule has 0 unspecified atom stereocenters. The van der Waals surface area contributed by atoms with Gasteiger partial charge in [-0.1, -0.05) is 6.07 Å². The van der Waals surface area contributed by atoms with Crippen LogP contribution in [0.2, 0.25) is 0 Å². The van der Waals surface area contributed by atoms with Gasteiger partial charge in [-0.2, -0.15) is 8.78 Å². The van der Waals surface area contributed by atoms with Crippen LogP contribution >= 0.6 is 0 Å². The number of guanidine groups is 1. The summed E-state index contributed by atoms with van der Waals surface area (Å²) in [4.78, 5) is 6.20. The lowest BCUT2D eigenvalue weighted by Crippen LogP contribution is -2.38. The molecule has 0 aliphatic heterocycles. The van der Waals surface area contributed by atoms with E-state index in [2.05, 4.69) is 15.0 Å². The zero-order valence-electron chi connectivity index (χ0n) is 17.7. The second kappa shape index (κ2) is 11.1. The Balaban J connectivity index is 2.07. The lowest BCUT2D eigenvalue weighted by Gasteiger charge is -2.23. The van der Waals surface area contributed by atoms with Gasteiger partial charge in [0, 0.05) is 38.8 Å². The van der Waals surface area contributed by atoms with Crippen LogP contribution in [0.3, 0.4) is 0 Å². The predicted octanol–water partition coefficient (Wildman–Crippen LogP) is 3.52. The summed E-state index contributed by atoms with van der Waals surface area (Å²) in [5.74, 6) is 2.27. The molecular weight excluding hydrogens is 396 g/mol. The van der Waals surface area contributed by atoms with Crippen molar-refractivity contribution < 1.29 is 27.7 Å². The third-order valence-electron chi connectivity index (χ3n) is 4.37. The molecule has 0 aliphatic carbocycles. The molecule has 0 heterocycles. The van der Waals surface area contributed by atoms with Crippen LogP contribution in [-0.4, -0.2) is 52.9 Å². The number of aliphatic imine (C=N–C) groups is 1. The van der Waals surface area contributed by atoms with Crippen LogP contribution in [0.5, 0.6) is 23.0 Å². The average molecular weight is 423 g/mol. The van der Waals surface area contributed by atoms with Gasteiger partial charge in [0.25, 0.3) is 0 Å². The quantitative estimate of drug-likeness (QED) is 0.492. The Bertz CT molecular complexity index is 862. The Kier molecular flexibility index (Phi) is 8.52. The van der Waals surface area contributed by atoms with Crippen LogP contribution in [0, 0.1) is 0 Å². The molecule has 7 nitrogen and oxygen atoms in total. The van der Waals surface area contributed by atoms with E-state index in [0.717, 1.165) is 11.1 Å². The Labute approximate surface area is 175 Å². The van der Waals surface area contributed by atoms with Gasteiger partial charge in [-0.15, -0.1) is 0 Å². The first-order valence-corrected chi connectivity index (χ1v) is 9.16. The molecule has 164 valence electrons. The molecule has 9 heteroatoms. The molecule has 0 radical (unpaired) electrons. The van der Waals surface area contributed by atoms with Gasteiger partial charge >= 0.3 is 6.61 Å². The lowest BCUT2D eigenvalue weighted by atomic mass is 10.2. The minimum Gasteiger partial charge on any atom is -0.497 e. The van der Waals surface area contributed by atoms with Gasteiger partial charge in [-0.3, -0.25) is 4.99 Å². The normalized spacial score (nSPS) is 11.3. The number of ether oxygens (including phenoxy) is 4. The molecule has 0 atom stereocenters. The summed E-state index contributed by atoms with van der Waals surface area (Å²) in [5.41, 5.74) is 1.70. The number of benzene rings is 2. The Morgan fingerprint density at radius 3 is 2.33 bits per heavy atom. The maximum Gasteiger partial charge on any atom is 0.387 e. The summed E-state index contributed by atoms with van der Waals surface area (Å²) in [5, 5.41) is 3.21. The number of alkyl halides is 2. The van der Waals surface area contributed by atoms with Crippen molar-refractivity contribution in [3.05, 3.63) is 47.5 Å². The number of rotatable bonds is 9. The number of hydrogen-bond acceptors (Lipinski definition) is 5. The maximum absolute atomic E-state index is 12.6. The predicted molar refractivity (Wildman–Crippen MR) is 111 cm³/mol. The first-order chi connectivity index (χ1) is 14.4. The number of methoxy groups -OCH3 is 3. The minimum atomic E-state index is -2.93. The molecule has 2 rings (SSSR count). The van der Waals surface area contributed by atoms with E-state index in [1.165, 1.54) is 13.2 Å². The van der Waals surface area contributed by atoms with Crippen LogP contribution in [0.4, 0.5) is 8.78 Å². The van der Waals surface area contributed by atoms with E-state index in [1.54, 1.807) is 33.4 Å². The fraction of sp³-hybridized carbons (Fsp3) is 0.381. The average Bonchev–Trinajstić information content (AvgIpc) is 2.74. The molecule has 2 aromatic carbocycles. The first kappa shape index (κ1) is 23.1. The van der Waals surface area contributed by atoms with Crippen molar-refractivity contribution in [3.63, 3.8) is 0 Å². The summed E-state index contributed by atoms with van der Waals surface area (Å²) in [6.45, 7) is -2.03. The number of nitrogens with zero attached hydrogens (tertiary/aromatic N) is 2. The highest BCUT2D eigenvalue weighted by atomic mass is 19.3. The van der Waals surface area contributed by atoms with Crippen molar-refractivity contribution in [3.8, 4) is 23.0 Å². The summed E-state index contributed by atoms with van der Waals surface area (Å²) >= 11 is 0. The first-order valence-electron chi connectivity index (χ1n) is 9.16. The molecule has 0 spiro atoms. The highest BCUT2D eigenvalue weighted by Gasteiger charge is 2.14. The third kappa shape index (κ3) is 6.13. The van der Waals surface area contributed by atoms with E-state index in [4.69, 9.17) is 14.2 Å². The molecule has 0 aliphatic rings. The number of hydrogen-bond donors (Lipinski definition) is 1. The molecule has 2 aromatic rings. The zero-order chi connectivity index (χ0) is 22.1. The van der Waals surface area contributed by atoms with Crippen LogP contribution in [0.25, 0.3) is 0 Å². The second-order valence-electron chi connectivity index (χ2n) is 6.30. The van der Waals surface area contributed by atoms with E-state index in [-0.39, 0.29) is 11.5 Å². The van der Waals surface area contributed by atoms with Crippen molar-refractivity contribution in [2.24, 2.45) is 4.99 Å². The molecule has 1 N–H and O–H groups in total. The van der Waals surface area contributed by atoms with Crippen LogP contribution < -0.4 is 24.3 Å². The zero-order valence-corrected chi connectivity index (χ0v) is 17.7. The smallest absolute Gasteiger partial charge is 0.387 e. The van der Waals surface area contributed by atoms with Gasteiger partial charge in [-0.05, 0) is 29.8 Å². The molecule has 0 saturated heterocycles. The van der Waals surface area contributed by atoms with Gasteiger partial charge in [0.05, 0.1) is 21.3 Å². The van der Waals surface area contributed by atoms with Crippen molar-refractivity contribution in [1.29, 1.82) is 0 Å². The van der Waals surface area contributed by atoms with E-state index in [1.807, 2.05) is 30.1 Å². The topological polar surface area (TPSA) is 64.6 Å². The fourth-order valence-corrected chi connectivity index (χ4v) is 2.90. The van der Waals surface area contributed by atoms with Crippen molar-refractivity contribution in [2.45, 2.75) is 19.7 Å². The van der Waals surface area contributed by atoms with Crippen LogP contribution in [0.1, 0.15) is 11.1 Å². The largest absolute Gasteiger partial charge is 0.497 e. The molecule has 0 bridgehead atoms. The molecule has 0 amide bonds. The van der Waals surface area contributed by atoms with Gasteiger partial charge in [0.15, 0.2) is 17.5 Å². The van der Waals surface area contributed by atoms with Crippen LogP contribution in [0.15, 0.2) is 41.4 Å². The highest BCUT2D eigenvalue weighted by Crippen LogP contribution is 2.29. The highest BCUT2D eigenvalue weighted by molar-refractivity contribution is 5.79. The minimum absolute atomic E-state index is 0.0156. The monoisotopic (exact) mass is 423 g/mol. The molecule has 0 fully saturated rings. The van der Waals surface area contributed by atoms with Gasteiger partial charge in [0.2, 0.25) is 0 Å². The third-order valence-corrected chi connectivity index (χ3v) is 4.37. The van der Waals surface area contributed by atoms with Crippen molar-refractivity contribution >= 4 is 5.96 Å². The Hall–Kier alpha value is -3.23. The second-order valence-corrected chi connectivity index (χ2v) is 6.30. The van der Waals surface area contributed by atoms with Crippen molar-refractivity contribution in [2.75, 3.05) is 35.4 Å². The van der Waals surface area contributed by atoms with Gasteiger partial charge < -0.3 is 29.2 Å². The standard InChI is InChI=1S/C21H27F2N3O4/c1-24-21(26(2)13-15-7-8-16(27-3)11-18(15)29-5)25-12-14-6-9-17(28-4)19(10-14)30-20(22)23/h6-11,20H,12-13H2,1-5H3,(H,24,25). The van der Waals surface area contributed by atoms with Crippen molar-refractivity contribution in [1.82, 2.24) is 10.2 Å². The molecular formula is C21H27F2N3O4. The Morgan fingerprint density at radius 2 is 1.73 bits per heavy atom. The molecule has 30 heavy (non-hydrogen) atoms. The molecule has 0 aromatic heterocycles. The number of halogens is 2. The molecule has 0 saturated carbocycles. The lowest BCUT2D eigenvalue weighted by molar-refractivity contribution is -0.0512. The number of nitrogens with one attached hydrogen (secondary N) is 1. The van der Waals surface area contributed by atoms with E-state index in [0.29, 0.717) is 30.5 Å². The summed E-state index contributed by atoms with van der Waals surface area (Å²) < 4.78 is 45.5. The Morgan fingerprint density at radius 1 is 1.00 bits per heavy atom. The van der Waals surface area contributed by atoms with E-state index >= 15 is 0 Å². The van der Waals surface area contributed by atoms with Crippen LogP contribution in [-0.2, 0) is 13.1 Å². The maximum atomic E-state index is 12.6. The SMILES string of the molecule is CN=C(NCc1ccc(OC)c(OC(F)F)c1)N(C)Cc1ccc(OC)cc1OC. The summed E-state index contributed by atoms with van der Waals surface area (Å²) in [6, 6.07) is 10.5. The van der Waals surface area contributed by atoms with E-state index in [9.17, 15) is 8.78 Å². The fourth-order valence-electron chi connectivity index (χ4n) is 2.90. The van der Waals surface area contributed by atoms with E-state index < -0.39 is 6.61 Å².